The van der Waals surface area contributed by atoms with Gasteiger partial charge in [-0.3, -0.25) is 4.79 Å². The third-order valence-corrected chi connectivity index (χ3v) is 4.42. The van der Waals surface area contributed by atoms with Gasteiger partial charge in [0.05, 0.1) is 0 Å². The van der Waals surface area contributed by atoms with E-state index in [1.807, 2.05) is 42.5 Å². The fourth-order valence-corrected chi connectivity index (χ4v) is 2.90. The number of rotatable bonds is 7. The quantitative estimate of drug-likeness (QED) is 0.606. The maximum Gasteiger partial charge on any atom is 0.375 e. The molecule has 0 unspecified atom stereocenters. The topological polar surface area (TPSA) is 68.5 Å². The lowest BCUT2D eigenvalue weighted by molar-refractivity contribution is -0.119. The van der Waals surface area contributed by atoms with Gasteiger partial charge in [-0.15, -0.1) is 0 Å². The van der Waals surface area contributed by atoms with Gasteiger partial charge in [0.1, 0.15) is 5.58 Å². The van der Waals surface area contributed by atoms with E-state index in [9.17, 15) is 9.59 Å². The molecule has 1 heterocycles. The predicted octanol–water partition coefficient (Wildman–Crippen LogP) is 4.88. The average molecular weight is 365 g/mol. The van der Waals surface area contributed by atoms with Crippen LogP contribution in [0.25, 0.3) is 11.0 Å². The molecule has 27 heavy (non-hydrogen) atoms. The number of aryl methyl sites for hydroxylation is 2. The molecule has 5 heteroatoms. The first-order chi connectivity index (χ1) is 13.1. The molecule has 1 amide bonds. The van der Waals surface area contributed by atoms with Gasteiger partial charge >= 0.3 is 5.97 Å². The van der Waals surface area contributed by atoms with Crippen LogP contribution in [0.5, 0.6) is 0 Å². The number of esters is 1. The fourth-order valence-electron chi connectivity index (χ4n) is 2.90. The van der Waals surface area contributed by atoms with Gasteiger partial charge in [-0.25, -0.2) is 4.79 Å². The van der Waals surface area contributed by atoms with Gasteiger partial charge < -0.3 is 14.5 Å². The van der Waals surface area contributed by atoms with Gasteiger partial charge in [0.25, 0.3) is 5.91 Å². The van der Waals surface area contributed by atoms with Gasteiger partial charge in [0, 0.05) is 16.6 Å². The number of carbonyl (C=O) groups is 2. The molecule has 3 rings (SSSR count). The zero-order valence-electron chi connectivity index (χ0n) is 15.6. The Bertz CT molecular complexity index is 941. The summed E-state index contributed by atoms with van der Waals surface area (Å²) in [6.45, 7) is 3.58. The predicted molar refractivity (Wildman–Crippen MR) is 105 cm³/mol. The molecule has 2 aromatic carbocycles. The minimum absolute atomic E-state index is 0.129. The number of amides is 1. The molecule has 0 aliphatic carbocycles. The number of hydrogen-bond donors (Lipinski definition) is 1. The maximum absolute atomic E-state index is 12.2. The van der Waals surface area contributed by atoms with Gasteiger partial charge in [0.2, 0.25) is 5.76 Å². The van der Waals surface area contributed by atoms with Crippen molar-refractivity contribution in [1.29, 1.82) is 0 Å². The molecule has 140 valence electrons. The number of nitrogens with one attached hydrogen (secondary N) is 1. The number of anilines is 1. The van der Waals surface area contributed by atoms with Crippen molar-refractivity contribution in [3.05, 3.63) is 65.4 Å². The number of hydrogen-bond acceptors (Lipinski definition) is 4. The van der Waals surface area contributed by atoms with E-state index in [1.54, 1.807) is 13.0 Å². The highest BCUT2D eigenvalue weighted by molar-refractivity contribution is 5.98. The van der Waals surface area contributed by atoms with Crippen LogP contribution < -0.4 is 5.32 Å². The van der Waals surface area contributed by atoms with E-state index >= 15 is 0 Å². The molecule has 0 bridgehead atoms. The molecule has 5 nitrogen and oxygen atoms in total. The molecule has 1 N–H and O–H groups in total. The third kappa shape index (κ3) is 4.56. The number of ether oxygens (including phenoxy) is 1. The number of benzene rings is 2. The van der Waals surface area contributed by atoms with Crippen LogP contribution in [0.4, 0.5) is 5.69 Å². The maximum atomic E-state index is 12.2. The molecule has 0 atom stereocenters. The van der Waals surface area contributed by atoms with Crippen molar-refractivity contribution >= 4 is 28.5 Å². The molecule has 0 saturated heterocycles. The highest BCUT2D eigenvalue weighted by Crippen LogP contribution is 2.25. The highest BCUT2D eigenvalue weighted by atomic mass is 16.5. The Hall–Kier alpha value is -3.08. The van der Waals surface area contributed by atoms with E-state index in [-0.39, 0.29) is 12.4 Å². The van der Waals surface area contributed by atoms with E-state index in [0.717, 1.165) is 24.6 Å². The minimum Gasteiger partial charge on any atom is -0.450 e. The van der Waals surface area contributed by atoms with Crippen molar-refractivity contribution in [2.75, 3.05) is 11.9 Å². The molecule has 0 fully saturated rings. The first-order valence-electron chi connectivity index (χ1n) is 9.12. The van der Waals surface area contributed by atoms with Crippen LogP contribution in [0.2, 0.25) is 0 Å². The Morgan fingerprint density at radius 3 is 2.52 bits per heavy atom. The summed E-state index contributed by atoms with van der Waals surface area (Å²) >= 11 is 0. The van der Waals surface area contributed by atoms with Crippen molar-refractivity contribution in [1.82, 2.24) is 0 Å². The van der Waals surface area contributed by atoms with Crippen LogP contribution in [0, 0.1) is 6.92 Å². The van der Waals surface area contributed by atoms with Crippen LogP contribution in [0.1, 0.15) is 41.4 Å². The van der Waals surface area contributed by atoms with Crippen molar-refractivity contribution in [3.8, 4) is 0 Å². The zero-order chi connectivity index (χ0) is 19.2. The van der Waals surface area contributed by atoms with Crippen LogP contribution in [-0.4, -0.2) is 18.5 Å². The number of fused-ring (bicyclic) bond motifs is 1. The standard InChI is InChI=1S/C22H23NO4/c1-3-4-7-16-10-12-17(13-11-16)23-20(24)14-26-22(25)21-15(2)18-8-5-6-9-19(18)27-21/h5-6,8-13H,3-4,7,14H2,1-2H3,(H,23,24). The summed E-state index contributed by atoms with van der Waals surface area (Å²) in [6.07, 6.45) is 3.32. The lowest BCUT2D eigenvalue weighted by Crippen LogP contribution is -2.21. The monoisotopic (exact) mass is 365 g/mol. The molecule has 3 aromatic rings. The van der Waals surface area contributed by atoms with Crippen LogP contribution >= 0.6 is 0 Å². The van der Waals surface area contributed by atoms with E-state index in [2.05, 4.69) is 12.2 Å². The fraction of sp³-hybridized carbons (Fsp3) is 0.273. The second kappa shape index (κ2) is 8.54. The first kappa shape index (κ1) is 18.7. The van der Waals surface area contributed by atoms with Crippen molar-refractivity contribution < 1.29 is 18.7 Å². The Labute approximate surface area is 158 Å². The Morgan fingerprint density at radius 1 is 1.07 bits per heavy atom. The van der Waals surface area contributed by atoms with Gasteiger partial charge in [-0.1, -0.05) is 43.7 Å². The summed E-state index contributed by atoms with van der Waals surface area (Å²) in [6, 6.07) is 15.1. The molecule has 0 aliphatic rings. The molecule has 0 radical (unpaired) electrons. The lowest BCUT2D eigenvalue weighted by atomic mass is 10.1. The Morgan fingerprint density at radius 2 is 1.81 bits per heavy atom. The normalized spacial score (nSPS) is 10.7. The SMILES string of the molecule is CCCCc1ccc(NC(=O)COC(=O)c2oc3ccccc3c2C)cc1. The first-order valence-corrected chi connectivity index (χ1v) is 9.12. The van der Waals surface area contributed by atoms with Crippen LogP contribution in [0.15, 0.2) is 52.9 Å². The summed E-state index contributed by atoms with van der Waals surface area (Å²) < 4.78 is 10.7. The highest BCUT2D eigenvalue weighted by Gasteiger charge is 2.19. The smallest absolute Gasteiger partial charge is 0.375 e. The molecule has 0 spiro atoms. The van der Waals surface area contributed by atoms with E-state index in [0.29, 0.717) is 16.8 Å². The van der Waals surface area contributed by atoms with Crippen molar-refractivity contribution in [2.45, 2.75) is 33.1 Å². The minimum atomic E-state index is -0.645. The molecule has 0 aliphatic heterocycles. The van der Waals surface area contributed by atoms with Crippen LogP contribution in [-0.2, 0) is 16.0 Å². The molecular weight excluding hydrogens is 342 g/mol. The number of carbonyl (C=O) groups excluding carboxylic acids is 2. The third-order valence-electron chi connectivity index (χ3n) is 4.42. The Balaban J connectivity index is 1.55. The van der Waals surface area contributed by atoms with Gasteiger partial charge in [-0.05, 0) is 43.5 Å². The van der Waals surface area contributed by atoms with Crippen LogP contribution in [0.3, 0.4) is 0 Å². The summed E-state index contributed by atoms with van der Waals surface area (Å²) in [5, 5.41) is 3.58. The van der Waals surface area contributed by atoms with E-state index < -0.39 is 11.9 Å². The largest absolute Gasteiger partial charge is 0.450 e. The summed E-state index contributed by atoms with van der Waals surface area (Å²) in [4.78, 5) is 24.3. The molecule has 1 aromatic heterocycles. The Kier molecular flexibility index (Phi) is 5.91. The van der Waals surface area contributed by atoms with E-state index in [4.69, 9.17) is 9.15 Å². The van der Waals surface area contributed by atoms with Crippen molar-refractivity contribution in [3.63, 3.8) is 0 Å². The molecular formula is C22H23NO4. The molecule has 0 saturated carbocycles. The summed E-state index contributed by atoms with van der Waals surface area (Å²) in [5.74, 6) is -0.906. The number of furan rings is 1. The summed E-state index contributed by atoms with van der Waals surface area (Å²) in [5.41, 5.74) is 3.24. The van der Waals surface area contributed by atoms with Gasteiger partial charge in [0.15, 0.2) is 6.61 Å². The summed E-state index contributed by atoms with van der Waals surface area (Å²) in [7, 11) is 0. The average Bonchev–Trinajstić information content (AvgIpc) is 3.03. The van der Waals surface area contributed by atoms with E-state index in [1.165, 1.54) is 5.56 Å². The van der Waals surface area contributed by atoms with Gasteiger partial charge in [-0.2, -0.15) is 0 Å². The number of unbranched alkanes of at least 4 members (excludes halogenated alkanes) is 1. The zero-order valence-corrected chi connectivity index (χ0v) is 15.6. The lowest BCUT2D eigenvalue weighted by Gasteiger charge is -2.07. The van der Waals surface area contributed by atoms with Crippen molar-refractivity contribution in [2.24, 2.45) is 0 Å². The number of para-hydroxylation sites is 1. The second-order valence-corrected chi connectivity index (χ2v) is 6.48. The second-order valence-electron chi connectivity index (χ2n) is 6.48.